The van der Waals surface area contributed by atoms with Crippen LogP contribution in [0.25, 0.3) is 11.1 Å². The van der Waals surface area contributed by atoms with E-state index in [1.165, 1.54) is 11.1 Å². The smallest absolute Gasteiger partial charge is 0.407 e. The quantitative estimate of drug-likeness (QED) is 0.496. The molecule has 0 unspecified atom stereocenters. The average Bonchev–Trinajstić information content (AvgIpc) is 3.15. The second kappa shape index (κ2) is 10.1. The van der Waals surface area contributed by atoms with Gasteiger partial charge in [0.2, 0.25) is 5.91 Å². The molecular weight excluding hydrogens is 444 g/mol. The van der Waals surface area contributed by atoms with Crippen LogP contribution in [0.2, 0.25) is 0 Å². The molecule has 2 amide bonds. The molecule has 4 rings (SSSR count). The van der Waals surface area contributed by atoms with Crippen molar-refractivity contribution in [3.63, 3.8) is 0 Å². The predicted molar refractivity (Wildman–Crippen MR) is 133 cm³/mol. The highest BCUT2D eigenvalue weighted by molar-refractivity contribution is 5.87. The third-order valence-electron chi connectivity index (χ3n) is 7.26. The Kier molecular flexibility index (Phi) is 7.15. The summed E-state index contributed by atoms with van der Waals surface area (Å²) in [6, 6.07) is 16.3. The second-order valence-electron chi connectivity index (χ2n) is 10.3. The highest BCUT2D eigenvalue weighted by atomic mass is 16.5. The van der Waals surface area contributed by atoms with Gasteiger partial charge in [0.05, 0.1) is 0 Å². The van der Waals surface area contributed by atoms with Gasteiger partial charge in [0.15, 0.2) is 0 Å². The van der Waals surface area contributed by atoms with E-state index in [1.807, 2.05) is 38.1 Å². The van der Waals surface area contributed by atoms with Gasteiger partial charge in [0.1, 0.15) is 12.1 Å². The van der Waals surface area contributed by atoms with Gasteiger partial charge in [-0.3, -0.25) is 4.79 Å². The van der Waals surface area contributed by atoms with Gasteiger partial charge in [-0.05, 0) is 55.4 Å². The van der Waals surface area contributed by atoms with E-state index >= 15 is 0 Å². The van der Waals surface area contributed by atoms with E-state index in [-0.39, 0.29) is 24.9 Å². The van der Waals surface area contributed by atoms with Gasteiger partial charge in [-0.15, -0.1) is 0 Å². The van der Waals surface area contributed by atoms with Crippen LogP contribution in [0.4, 0.5) is 4.79 Å². The Bertz CT molecular complexity index is 1060. The van der Waals surface area contributed by atoms with E-state index in [2.05, 4.69) is 34.9 Å². The number of ether oxygens (including phenoxy) is 1. The molecule has 0 radical (unpaired) electrons. The van der Waals surface area contributed by atoms with Crippen molar-refractivity contribution < 1.29 is 24.2 Å². The fourth-order valence-electron chi connectivity index (χ4n) is 5.28. The molecule has 0 saturated heterocycles. The topological polar surface area (TPSA) is 105 Å². The molecule has 0 bridgehead atoms. The first-order valence-electron chi connectivity index (χ1n) is 12.4. The number of benzene rings is 2. The van der Waals surface area contributed by atoms with E-state index in [1.54, 1.807) is 0 Å². The van der Waals surface area contributed by atoms with Crippen LogP contribution in [-0.4, -0.2) is 40.8 Å². The summed E-state index contributed by atoms with van der Waals surface area (Å²) in [6.45, 7) is 3.88. The van der Waals surface area contributed by atoms with Crippen LogP contribution >= 0.6 is 0 Å². The second-order valence-corrected chi connectivity index (χ2v) is 10.3. The summed E-state index contributed by atoms with van der Waals surface area (Å²) in [6.07, 6.45) is 3.42. The van der Waals surface area contributed by atoms with Gasteiger partial charge < -0.3 is 20.5 Å². The van der Waals surface area contributed by atoms with Crippen LogP contribution in [0.3, 0.4) is 0 Å². The molecule has 0 aromatic heterocycles. The number of carbonyl (C=O) groups excluding carboxylic acids is 2. The molecule has 2 aromatic rings. The van der Waals surface area contributed by atoms with Gasteiger partial charge in [-0.1, -0.05) is 67.8 Å². The number of carbonyl (C=O) groups is 3. The normalized spacial score (nSPS) is 16.6. The van der Waals surface area contributed by atoms with Crippen molar-refractivity contribution in [2.75, 3.05) is 6.61 Å². The molecule has 2 aliphatic carbocycles. The lowest BCUT2D eigenvalue weighted by Crippen LogP contribution is -2.56. The maximum absolute atomic E-state index is 12.6. The highest BCUT2D eigenvalue weighted by Crippen LogP contribution is 2.44. The Hall–Kier alpha value is -3.35. The van der Waals surface area contributed by atoms with Gasteiger partial charge in [0, 0.05) is 17.9 Å². The Balaban J connectivity index is 1.30. The average molecular weight is 479 g/mol. The lowest BCUT2D eigenvalue weighted by atomic mass is 9.81. The molecule has 7 nitrogen and oxygen atoms in total. The molecule has 35 heavy (non-hydrogen) atoms. The van der Waals surface area contributed by atoms with Crippen molar-refractivity contribution in [1.29, 1.82) is 0 Å². The van der Waals surface area contributed by atoms with Crippen molar-refractivity contribution >= 4 is 18.0 Å². The molecule has 1 saturated carbocycles. The summed E-state index contributed by atoms with van der Waals surface area (Å²) >= 11 is 0. The summed E-state index contributed by atoms with van der Waals surface area (Å²) in [7, 11) is 0. The minimum atomic E-state index is -1.17. The van der Waals surface area contributed by atoms with Crippen LogP contribution in [0.15, 0.2) is 48.5 Å². The number of carboxylic acid groups (broad SMARTS) is 1. The molecule has 186 valence electrons. The van der Waals surface area contributed by atoms with Gasteiger partial charge in [-0.2, -0.15) is 0 Å². The molecule has 3 N–H and O–H groups in total. The van der Waals surface area contributed by atoms with Crippen molar-refractivity contribution in [3.05, 3.63) is 59.7 Å². The van der Waals surface area contributed by atoms with E-state index in [0.29, 0.717) is 19.3 Å². The maximum atomic E-state index is 12.6. The summed E-state index contributed by atoms with van der Waals surface area (Å²) in [5.74, 6) is -1.30. The first-order valence-corrected chi connectivity index (χ1v) is 12.4. The zero-order valence-corrected chi connectivity index (χ0v) is 20.4. The Morgan fingerprint density at radius 1 is 0.971 bits per heavy atom. The van der Waals surface area contributed by atoms with Gasteiger partial charge >= 0.3 is 12.1 Å². The van der Waals surface area contributed by atoms with Gasteiger partial charge in [0.25, 0.3) is 0 Å². The zero-order valence-electron chi connectivity index (χ0n) is 20.4. The van der Waals surface area contributed by atoms with Crippen LogP contribution in [-0.2, 0) is 14.3 Å². The van der Waals surface area contributed by atoms with Crippen molar-refractivity contribution in [2.24, 2.45) is 0 Å². The summed E-state index contributed by atoms with van der Waals surface area (Å²) < 4.78 is 5.62. The molecule has 0 atom stereocenters. The number of fused-ring (bicyclic) bond motifs is 3. The minimum absolute atomic E-state index is 0.0234. The van der Waals surface area contributed by atoms with E-state index in [9.17, 15) is 19.5 Å². The lowest BCUT2D eigenvalue weighted by Gasteiger charge is -2.34. The number of hydrogen-bond donors (Lipinski definition) is 3. The Morgan fingerprint density at radius 3 is 2.11 bits per heavy atom. The minimum Gasteiger partial charge on any atom is -0.480 e. The van der Waals surface area contributed by atoms with E-state index < -0.39 is 23.1 Å². The highest BCUT2D eigenvalue weighted by Gasteiger charge is 2.41. The molecule has 2 aromatic carbocycles. The number of nitrogens with one attached hydrogen (secondary N) is 2. The standard InChI is InChI=1S/C28H34N2O5/c1-27(2,17-14-24(31)29-28(25(32)33)15-8-3-9-16-28)30-26(34)35-18-23-21-12-6-4-10-19(21)20-11-5-7-13-22(20)23/h4-7,10-13,23H,3,8-9,14-18H2,1-2H3,(H,29,31)(H,30,34)(H,32,33). The number of hydrogen-bond acceptors (Lipinski definition) is 4. The number of aliphatic carboxylic acids is 1. The third-order valence-corrected chi connectivity index (χ3v) is 7.26. The van der Waals surface area contributed by atoms with E-state index in [4.69, 9.17) is 4.74 Å². The molecular formula is C28H34N2O5. The van der Waals surface area contributed by atoms with Crippen molar-refractivity contribution in [3.8, 4) is 11.1 Å². The fourth-order valence-corrected chi connectivity index (χ4v) is 5.28. The largest absolute Gasteiger partial charge is 0.480 e. The molecule has 0 spiro atoms. The van der Waals surface area contributed by atoms with Crippen LogP contribution in [0.1, 0.15) is 75.8 Å². The zero-order chi connectivity index (χ0) is 25.1. The number of amides is 2. The first kappa shape index (κ1) is 24.8. The Labute approximate surface area is 206 Å². The monoisotopic (exact) mass is 478 g/mol. The number of rotatable bonds is 8. The van der Waals surface area contributed by atoms with Gasteiger partial charge in [-0.25, -0.2) is 9.59 Å². The number of alkyl carbamates (subject to hydrolysis) is 1. The molecule has 0 heterocycles. The molecule has 0 aliphatic heterocycles. The van der Waals surface area contributed by atoms with Crippen LogP contribution in [0.5, 0.6) is 0 Å². The summed E-state index contributed by atoms with van der Waals surface area (Å²) in [5, 5.41) is 15.3. The SMILES string of the molecule is CC(C)(CCC(=O)NC1(C(=O)O)CCCCC1)NC(=O)OCC1c2ccccc2-c2ccccc21. The van der Waals surface area contributed by atoms with Crippen molar-refractivity contribution in [2.45, 2.75) is 75.8 Å². The Morgan fingerprint density at radius 2 is 1.54 bits per heavy atom. The summed E-state index contributed by atoms with van der Waals surface area (Å²) in [5.41, 5.74) is 2.77. The van der Waals surface area contributed by atoms with Crippen LogP contribution < -0.4 is 10.6 Å². The van der Waals surface area contributed by atoms with Crippen LogP contribution in [0, 0.1) is 0 Å². The third kappa shape index (κ3) is 5.50. The predicted octanol–water partition coefficient (Wildman–Crippen LogP) is 4.99. The maximum Gasteiger partial charge on any atom is 0.407 e. The molecule has 2 aliphatic rings. The van der Waals surface area contributed by atoms with E-state index in [0.717, 1.165) is 30.4 Å². The fraction of sp³-hybridized carbons (Fsp3) is 0.464. The molecule has 7 heteroatoms. The number of carboxylic acids is 1. The van der Waals surface area contributed by atoms with Crippen molar-refractivity contribution in [1.82, 2.24) is 10.6 Å². The first-order chi connectivity index (χ1) is 16.7. The molecule has 1 fully saturated rings. The lowest BCUT2D eigenvalue weighted by molar-refractivity contribution is -0.149. The summed E-state index contributed by atoms with van der Waals surface area (Å²) in [4.78, 5) is 37.0.